The molecule has 0 unspecified atom stereocenters. The summed E-state index contributed by atoms with van der Waals surface area (Å²) in [6, 6.07) is 3.39. The van der Waals surface area contributed by atoms with Crippen LogP contribution in [0.1, 0.15) is 15.9 Å². The minimum atomic E-state index is -4.48. The Hall–Kier alpha value is -1.72. The van der Waals surface area contributed by atoms with E-state index in [0.29, 0.717) is 0 Å². The Kier molecular flexibility index (Phi) is 3.41. The van der Waals surface area contributed by atoms with Gasteiger partial charge in [-0.3, -0.25) is 4.79 Å². The second-order valence-corrected chi connectivity index (χ2v) is 3.09. The standard InChI is InChI=1S/C10H11F3N2O/c1-14-8-4-3-6(9(16)15-2)5-7(8)10(11,12)13/h3-5,14H,1-2H3,(H,15,16). The monoisotopic (exact) mass is 232 g/mol. The Bertz CT molecular complexity index is 402. The van der Waals surface area contributed by atoms with Crippen molar-refractivity contribution >= 4 is 11.6 Å². The molecule has 0 saturated heterocycles. The van der Waals surface area contributed by atoms with Gasteiger partial charge < -0.3 is 10.6 Å². The number of carbonyl (C=O) groups excluding carboxylic acids is 1. The quantitative estimate of drug-likeness (QED) is 0.819. The summed E-state index contributed by atoms with van der Waals surface area (Å²) in [5, 5.41) is 4.71. The number of rotatable bonds is 2. The summed E-state index contributed by atoms with van der Waals surface area (Å²) in [5.41, 5.74) is -0.926. The highest BCUT2D eigenvalue weighted by Crippen LogP contribution is 2.35. The molecule has 0 aliphatic carbocycles. The minimum absolute atomic E-state index is 0.0196. The maximum Gasteiger partial charge on any atom is 0.418 e. The lowest BCUT2D eigenvalue weighted by Gasteiger charge is -2.13. The number of anilines is 1. The van der Waals surface area contributed by atoms with Gasteiger partial charge in [0.2, 0.25) is 0 Å². The van der Waals surface area contributed by atoms with E-state index in [-0.39, 0.29) is 11.3 Å². The topological polar surface area (TPSA) is 41.1 Å². The number of halogens is 3. The van der Waals surface area contributed by atoms with Crippen LogP contribution in [0.3, 0.4) is 0 Å². The van der Waals surface area contributed by atoms with Crippen molar-refractivity contribution in [3.05, 3.63) is 29.3 Å². The molecule has 2 N–H and O–H groups in total. The van der Waals surface area contributed by atoms with E-state index in [9.17, 15) is 18.0 Å². The first-order valence-corrected chi connectivity index (χ1v) is 4.51. The Labute approximate surface area is 90.6 Å². The second kappa shape index (κ2) is 4.42. The van der Waals surface area contributed by atoms with Gasteiger partial charge >= 0.3 is 6.18 Å². The minimum Gasteiger partial charge on any atom is -0.388 e. The molecular weight excluding hydrogens is 221 g/mol. The molecule has 0 aromatic heterocycles. The molecular formula is C10H11F3N2O. The highest BCUT2D eigenvalue weighted by atomic mass is 19.4. The maximum absolute atomic E-state index is 12.6. The lowest BCUT2D eigenvalue weighted by Crippen LogP contribution is -2.19. The SMILES string of the molecule is CNC(=O)c1ccc(NC)c(C(F)(F)F)c1. The average molecular weight is 232 g/mol. The van der Waals surface area contributed by atoms with Crippen molar-refractivity contribution in [3.8, 4) is 0 Å². The van der Waals surface area contributed by atoms with Crippen LogP contribution in [0.5, 0.6) is 0 Å². The fourth-order valence-electron chi connectivity index (χ4n) is 1.28. The van der Waals surface area contributed by atoms with E-state index < -0.39 is 17.6 Å². The maximum atomic E-state index is 12.6. The van der Waals surface area contributed by atoms with Gasteiger partial charge in [-0.1, -0.05) is 0 Å². The number of hydrogen-bond donors (Lipinski definition) is 2. The van der Waals surface area contributed by atoms with E-state index in [1.54, 1.807) is 0 Å². The van der Waals surface area contributed by atoms with Gasteiger partial charge in [-0.15, -0.1) is 0 Å². The number of alkyl halides is 3. The van der Waals surface area contributed by atoms with Gasteiger partial charge in [-0.05, 0) is 18.2 Å². The molecule has 0 heterocycles. The van der Waals surface area contributed by atoms with Crippen molar-refractivity contribution in [2.24, 2.45) is 0 Å². The molecule has 6 heteroatoms. The van der Waals surface area contributed by atoms with Crippen LogP contribution in [0.4, 0.5) is 18.9 Å². The van der Waals surface area contributed by atoms with E-state index >= 15 is 0 Å². The zero-order valence-electron chi connectivity index (χ0n) is 8.77. The lowest BCUT2D eigenvalue weighted by atomic mass is 10.1. The van der Waals surface area contributed by atoms with Crippen LogP contribution >= 0.6 is 0 Å². The number of amides is 1. The van der Waals surface area contributed by atoms with Crippen molar-refractivity contribution < 1.29 is 18.0 Å². The van der Waals surface area contributed by atoms with Crippen molar-refractivity contribution in [1.82, 2.24) is 5.32 Å². The Morgan fingerprint density at radius 3 is 2.31 bits per heavy atom. The zero-order chi connectivity index (χ0) is 12.3. The Morgan fingerprint density at radius 1 is 1.25 bits per heavy atom. The summed E-state index contributed by atoms with van der Waals surface area (Å²) in [5.74, 6) is -0.548. The summed E-state index contributed by atoms with van der Waals surface area (Å²) in [4.78, 5) is 11.2. The second-order valence-electron chi connectivity index (χ2n) is 3.09. The smallest absolute Gasteiger partial charge is 0.388 e. The molecule has 0 fully saturated rings. The Balaban J connectivity index is 3.27. The van der Waals surface area contributed by atoms with Crippen molar-refractivity contribution in [1.29, 1.82) is 0 Å². The average Bonchev–Trinajstić information content (AvgIpc) is 2.26. The number of nitrogens with one attached hydrogen (secondary N) is 2. The molecule has 16 heavy (non-hydrogen) atoms. The Morgan fingerprint density at radius 2 is 1.88 bits per heavy atom. The first-order chi connectivity index (χ1) is 7.40. The lowest BCUT2D eigenvalue weighted by molar-refractivity contribution is -0.136. The molecule has 0 aliphatic heterocycles. The van der Waals surface area contributed by atoms with Crippen LogP contribution in [0.2, 0.25) is 0 Å². The summed E-state index contributed by atoms with van der Waals surface area (Å²) in [7, 11) is 2.76. The van der Waals surface area contributed by atoms with E-state index in [4.69, 9.17) is 0 Å². The number of hydrogen-bond acceptors (Lipinski definition) is 2. The number of benzene rings is 1. The van der Waals surface area contributed by atoms with Crippen molar-refractivity contribution in [2.45, 2.75) is 6.18 Å². The molecule has 0 aliphatic rings. The van der Waals surface area contributed by atoms with Gasteiger partial charge in [-0.2, -0.15) is 13.2 Å². The number of carbonyl (C=O) groups is 1. The molecule has 1 amide bonds. The molecule has 1 aromatic carbocycles. The highest BCUT2D eigenvalue weighted by Gasteiger charge is 2.33. The zero-order valence-corrected chi connectivity index (χ0v) is 8.77. The molecule has 0 saturated carbocycles. The van der Waals surface area contributed by atoms with Crippen LogP contribution in [0.15, 0.2) is 18.2 Å². The molecule has 1 aromatic rings. The predicted molar refractivity (Wildman–Crippen MR) is 54.4 cm³/mol. The van der Waals surface area contributed by atoms with Crippen LogP contribution in [-0.4, -0.2) is 20.0 Å². The van der Waals surface area contributed by atoms with Crippen LogP contribution < -0.4 is 10.6 Å². The summed E-state index contributed by atoms with van der Waals surface area (Å²) in [6.45, 7) is 0. The van der Waals surface area contributed by atoms with Gasteiger partial charge in [0, 0.05) is 25.3 Å². The predicted octanol–water partition coefficient (Wildman–Crippen LogP) is 2.11. The van der Waals surface area contributed by atoms with Crippen LogP contribution in [0.25, 0.3) is 0 Å². The highest BCUT2D eigenvalue weighted by molar-refractivity contribution is 5.94. The fourth-order valence-corrected chi connectivity index (χ4v) is 1.28. The first-order valence-electron chi connectivity index (χ1n) is 4.51. The molecule has 88 valence electrons. The third kappa shape index (κ3) is 2.44. The first kappa shape index (κ1) is 12.4. The third-order valence-electron chi connectivity index (χ3n) is 2.08. The van der Waals surface area contributed by atoms with Crippen LogP contribution in [-0.2, 0) is 6.18 Å². The molecule has 3 nitrogen and oxygen atoms in total. The largest absolute Gasteiger partial charge is 0.418 e. The fraction of sp³-hybridized carbons (Fsp3) is 0.300. The van der Waals surface area contributed by atoms with E-state index in [0.717, 1.165) is 6.07 Å². The van der Waals surface area contributed by atoms with E-state index in [1.165, 1.54) is 26.2 Å². The molecule has 0 bridgehead atoms. The van der Waals surface area contributed by atoms with E-state index in [1.807, 2.05) is 0 Å². The summed E-state index contributed by atoms with van der Waals surface area (Å²) in [6.07, 6.45) is -4.48. The molecule has 0 spiro atoms. The van der Waals surface area contributed by atoms with Crippen molar-refractivity contribution in [2.75, 3.05) is 19.4 Å². The summed E-state index contributed by atoms with van der Waals surface area (Å²) >= 11 is 0. The van der Waals surface area contributed by atoms with Gasteiger partial charge in [0.15, 0.2) is 0 Å². The van der Waals surface area contributed by atoms with Crippen molar-refractivity contribution in [3.63, 3.8) is 0 Å². The van der Waals surface area contributed by atoms with Gasteiger partial charge in [0.25, 0.3) is 5.91 Å². The van der Waals surface area contributed by atoms with Gasteiger partial charge in [0.05, 0.1) is 5.56 Å². The van der Waals surface area contributed by atoms with E-state index in [2.05, 4.69) is 10.6 Å². The summed E-state index contributed by atoms with van der Waals surface area (Å²) < 4.78 is 37.8. The van der Waals surface area contributed by atoms with Gasteiger partial charge in [-0.25, -0.2) is 0 Å². The normalized spacial score (nSPS) is 11.1. The molecule has 1 rings (SSSR count). The molecule has 0 radical (unpaired) electrons. The van der Waals surface area contributed by atoms with Gasteiger partial charge in [0.1, 0.15) is 0 Å². The van der Waals surface area contributed by atoms with Crippen LogP contribution in [0, 0.1) is 0 Å². The third-order valence-corrected chi connectivity index (χ3v) is 2.08. The molecule has 0 atom stereocenters.